The first-order chi connectivity index (χ1) is 12.3. The average Bonchev–Trinajstić information content (AvgIpc) is 3.26. The fourth-order valence-electron chi connectivity index (χ4n) is 2.49. The van der Waals surface area contributed by atoms with Gasteiger partial charge in [-0.05, 0) is 37.6 Å². The predicted octanol–water partition coefficient (Wildman–Crippen LogP) is 4.91. The quantitative estimate of drug-likeness (QED) is 0.363. The van der Waals surface area contributed by atoms with Crippen molar-refractivity contribution in [2.45, 2.75) is 25.0 Å². The molecule has 2 aromatic heterocycles. The third-order valence-corrected chi connectivity index (χ3v) is 4.71. The molecular formula is C19H17N3O2S. The fourth-order valence-corrected chi connectivity index (χ4v) is 3.19. The second kappa shape index (κ2) is 7.11. The standard InChI is InChI=1S/C19H17N3O2S/c1-13-8-10-14(11-9-13)18-21-22-19(24-18)25-12-4-7-17-20-15-5-2-3-6-16(15)23-17/h2-3,5-6,8-11H,4,7,12H2,1H3. The lowest BCUT2D eigenvalue weighted by atomic mass is 10.1. The van der Waals surface area contributed by atoms with Crippen LogP contribution in [0.25, 0.3) is 22.6 Å². The van der Waals surface area contributed by atoms with E-state index < -0.39 is 0 Å². The lowest BCUT2D eigenvalue weighted by molar-refractivity contribution is 0.465. The highest BCUT2D eigenvalue weighted by Gasteiger charge is 2.09. The molecule has 0 spiro atoms. The van der Waals surface area contributed by atoms with Crippen LogP contribution in [0.15, 0.2) is 62.6 Å². The zero-order chi connectivity index (χ0) is 17.1. The molecule has 25 heavy (non-hydrogen) atoms. The first kappa shape index (κ1) is 15.9. The topological polar surface area (TPSA) is 65.0 Å². The predicted molar refractivity (Wildman–Crippen MR) is 97.5 cm³/mol. The van der Waals surface area contributed by atoms with Crippen molar-refractivity contribution in [1.82, 2.24) is 15.2 Å². The molecule has 0 bridgehead atoms. The molecule has 0 saturated heterocycles. The van der Waals surface area contributed by atoms with Crippen molar-refractivity contribution in [2.75, 3.05) is 5.75 Å². The summed E-state index contributed by atoms with van der Waals surface area (Å²) in [4.78, 5) is 4.48. The molecule has 126 valence electrons. The van der Waals surface area contributed by atoms with Gasteiger partial charge in [-0.2, -0.15) is 0 Å². The van der Waals surface area contributed by atoms with Gasteiger partial charge in [-0.15, -0.1) is 10.2 Å². The van der Waals surface area contributed by atoms with Crippen LogP contribution >= 0.6 is 11.8 Å². The number of nitrogens with zero attached hydrogens (tertiary/aromatic N) is 3. The van der Waals surface area contributed by atoms with E-state index in [1.807, 2.05) is 48.5 Å². The Hall–Kier alpha value is -2.60. The van der Waals surface area contributed by atoms with Crippen LogP contribution in [-0.2, 0) is 6.42 Å². The molecule has 0 aliphatic carbocycles. The van der Waals surface area contributed by atoms with Crippen molar-refractivity contribution in [1.29, 1.82) is 0 Å². The van der Waals surface area contributed by atoms with E-state index in [1.165, 1.54) is 5.56 Å². The van der Waals surface area contributed by atoms with Crippen LogP contribution in [0.3, 0.4) is 0 Å². The van der Waals surface area contributed by atoms with E-state index in [-0.39, 0.29) is 0 Å². The van der Waals surface area contributed by atoms with Crippen LogP contribution in [0.5, 0.6) is 0 Å². The molecule has 2 aromatic carbocycles. The molecule has 4 rings (SSSR count). The zero-order valence-electron chi connectivity index (χ0n) is 13.8. The Balaban J connectivity index is 1.31. The van der Waals surface area contributed by atoms with Crippen LogP contribution in [0, 0.1) is 6.92 Å². The molecule has 5 nitrogen and oxygen atoms in total. The van der Waals surface area contributed by atoms with E-state index in [9.17, 15) is 0 Å². The number of hydrogen-bond acceptors (Lipinski definition) is 6. The van der Waals surface area contributed by atoms with E-state index in [1.54, 1.807) is 11.8 Å². The molecule has 0 aliphatic heterocycles. The minimum atomic E-state index is 0.557. The molecule has 0 unspecified atom stereocenters. The minimum Gasteiger partial charge on any atom is -0.441 e. The molecule has 0 amide bonds. The lowest BCUT2D eigenvalue weighted by Gasteiger charge is -1.96. The monoisotopic (exact) mass is 351 g/mol. The van der Waals surface area contributed by atoms with E-state index in [0.717, 1.165) is 41.1 Å². The summed E-state index contributed by atoms with van der Waals surface area (Å²) in [6.45, 7) is 2.05. The number of fused-ring (bicyclic) bond motifs is 1. The molecule has 0 fully saturated rings. The first-order valence-electron chi connectivity index (χ1n) is 8.16. The molecule has 0 N–H and O–H groups in total. The molecule has 4 aromatic rings. The van der Waals surface area contributed by atoms with Crippen molar-refractivity contribution in [3.05, 3.63) is 60.0 Å². The maximum Gasteiger partial charge on any atom is 0.276 e. The highest BCUT2D eigenvalue weighted by Crippen LogP contribution is 2.24. The molecule has 0 saturated carbocycles. The van der Waals surface area contributed by atoms with E-state index >= 15 is 0 Å². The van der Waals surface area contributed by atoms with Crippen molar-refractivity contribution in [2.24, 2.45) is 0 Å². The third kappa shape index (κ3) is 3.74. The lowest BCUT2D eigenvalue weighted by Crippen LogP contribution is -1.87. The Morgan fingerprint density at radius 2 is 1.80 bits per heavy atom. The van der Waals surface area contributed by atoms with E-state index in [2.05, 4.69) is 22.1 Å². The van der Waals surface area contributed by atoms with Gasteiger partial charge in [0.1, 0.15) is 5.52 Å². The number of aryl methyl sites for hydroxylation is 2. The minimum absolute atomic E-state index is 0.557. The van der Waals surface area contributed by atoms with Crippen LogP contribution in [0.4, 0.5) is 0 Å². The number of hydrogen-bond donors (Lipinski definition) is 0. The molecular weight excluding hydrogens is 334 g/mol. The zero-order valence-corrected chi connectivity index (χ0v) is 14.6. The number of rotatable bonds is 6. The normalized spacial score (nSPS) is 11.2. The Kier molecular flexibility index (Phi) is 4.52. The summed E-state index contributed by atoms with van der Waals surface area (Å²) >= 11 is 1.56. The Bertz CT molecular complexity index is 943. The second-order valence-electron chi connectivity index (χ2n) is 5.77. The summed E-state index contributed by atoms with van der Waals surface area (Å²) in [5, 5.41) is 8.81. The van der Waals surface area contributed by atoms with Crippen LogP contribution < -0.4 is 0 Å². The first-order valence-corrected chi connectivity index (χ1v) is 9.14. The highest BCUT2D eigenvalue weighted by atomic mass is 32.2. The van der Waals surface area contributed by atoms with Gasteiger partial charge in [0.05, 0.1) is 0 Å². The summed E-state index contributed by atoms with van der Waals surface area (Å²) in [6.07, 6.45) is 1.72. The summed E-state index contributed by atoms with van der Waals surface area (Å²) < 4.78 is 11.4. The van der Waals surface area contributed by atoms with Gasteiger partial charge in [0.15, 0.2) is 11.5 Å². The van der Waals surface area contributed by atoms with Gasteiger partial charge in [-0.3, -0.25) is 0 Å². The number of aromatic nitrogens is 3. The third-order valence-electron chi connectivity index (χ3n) is 3.80. The highest BCUT2D eigenvalue weighted by molar-refractivity contribution is 7.99. The second-order valence-corrected chi connectivity index (χ2v) is 6.81. The average molecular weight is 351 g/mol. The summed E-state index contributed by atoms with van der Waals surface area (Å²) in [5.41, 5.74) is 3.89. The summed E-state index contributed by atoms with van der Waals surface area (Å²) in [7, 11) is 0. The van der Waals surface area contributed by atoms with E-state index in [4.69, 9.17) is 8.83 Å². The van der Waals surface area contributed by atoms with Crippen molar-refractivity contribution >= 4 is 22.9 Å². The number of thioether (sulfide) groups is 1. The largest absolute Gasteiger partial charge is 0.441 e. The van der Waals surface area contributed by atoms with Crippen molar-refractivity contribution in [3.8, 4) is 11.5 Å². The molecule has 0 atom stereocenters. The molecule has 6 heteroatoms. The number of benzene rings is 2. The van der Waals surface area contributed by atoms with Gasteiger partial charge < -0.3 is 8.83 Å². The maximum atomic E-state index is 5.72. The van der Waals surface area contributed by atoms with Crippen molar-refractivity contribution in [3.63, 3.8) is 0 Å². The van der Waals surface area contributed by atoms with Crippen LogP contribution in [0.1, 0.15) is 17.9 Å². The Labute approximate surface area is 149 Å². The van der Waals surface area contributed by atoms with Crippen molar-refractivity contribution < 1.29 is 8.83 Å². The van der Waals surface area contributed by atoms with E-state index in [0.29, 0.717) is 11.1 Å². The smallest absolute Gasteiger partial charge is 0.276 e. The van der Waals surface area contributed by atoms with Crippen LogP contribution in [-0.4, -0.2) is 20.9 Å². The van der Waals surface area contributed by atoms with Gasteiger partial charge >= 0.3 is 0 Å². The Morgan fingerprint density at radius 3 is 2.64 bits per heavy atom. The fraction of sp³-hybridized carbons (Fsp3) is 0.211. The van der Waals surface area contributed by atoms with Crippen LogP contribution in [0.2, 0.25) is 0 Å². The maximum absolute atomic E-state index is 5.72. The molecule has 2 heterocycles. The number of oxazole rings is 1. The van der Waals surface area contributed by atoms with Gasteiger partial charge in [-0.1, -0.05) is 41.6 Å². The Morgan fingerprint density at radius 1 is 0.960 bits per heavy atom. The molecule has 0 aliphatic rings. The van der Waals surface area contributed by atoms with Gasteiger partial charge in [-0.25, -0.2) is 4.98 Å². The SMILES string of the molecule is Cc1ccc(-c2nnc(SCCCc3nc4ccccc4o3)o2)cc1. The van der Waals surface area contributed by atoms with Gasteiger partial charge in [0, 0.05) is 17.7 Å². The van der Waals surface area contributed by atoms with Gasteiger partial charge in [0.25, 0.3) is 5.22 Å². The van der Waals surface area contributed by atoms with Gasteiger partial charge in [0.2, 0.25) is 5.89 Å². The molecule has 0 radical (unpaired) electrons. The number of para-hydroxylation sites is 2. The summed E-state index contributed by atoms with van der Waals surface area (Å²) in [5.74, 6) is 2.20. The summed E-state index contributed by atoms with van der Waals surface area (Å²) in [6, 6.07) is 15.9.